The monoisotopic (exact) mass is 361 g/mol. The molecule has 1 aliphatic rings. The maximum absolute atomic E-state index is 7.15. The van der Waals surface area contributed by atoms with E-state index in [9.17, 15) is 0 Å². The maximum Gasteiger partial charge on any atom is 0.242 e. The summed E-state index contributed by atoms with van der Waals surface area (Å²) in [4.78, 5) is 0. The van der Waals surface area contributed by atoms with Crippen LogP contribution in [0, 0.1) is 0 Å². The normalized spacial score (nSPS) is 15.7. The Labute approximate surface area is 157 Å². The van der Waals surface area contributed by atoms with Crippen LogP contribution in [-0.4, -0.2) is 6.10 Å². The highest BCUT2D eigenvalue weighted by Gasteiger charge is 2.49. The lowest BCUT2D eigenvalue weighted by molar-refractivity contribution is 0.174. The molecule has 132 valence electrons. The molecule has 0 aromatic heterocycles. The van der Waals surface area contributed by atoms with Crippen LogP contribution in [-0.2, 0) is 4.52 Å². The van der Waals surface area contributed by atoms with Gasteiger partial charge in [-0.3, -0.25) is 0 Å². The Kier molecular flexibility index (Phi) is 5.48. The molecule has 4 rings (SSSR count). The summed E-state index contributed by atoms with van der Waals surface area (Å²) >= 11 is 0. The van der Waals surface area contributed by atoms with Crippen molar-refractivity contribution in [2.24, 2.45) is 0 Å². The lowest BCUT2D eigenvalue weighted by Crippen LogP contribution is -2.36. The number of hydrogen-bond acceptors (Lipinski definition) is 1. The minimum Gasteiger partial charge on any atom is -0.218 e. The molecule has 0 N–H and O–H groups in total. The van der Waals surface area contributed by atoms with E-state index in [1.165, 1.54) is 48.0 Å². The molecule has 0 heterocycles. The standard InChI is InChI=1S/C24H26OP/c1-5-13-21(14-6-1)25-26(22-15-7-2-8-16-22,23-17-9-3-10-18-23)24-19-11-4-12-20-24/h2-4,7-12,15-21H,1,5-6,13-14H2/q+1. The van der Waals surface area contributed by atoms with Crippen molar-refractivity contribution in [3.63, 3.8) is 0 Å². The SMILES string of the molecule is c1ccc([P+](OC2CCCCC2)(c2ccccc2)c2ccccc2)cc1. The third-order valence-electron chi connectivity index (χ3n) is 5.22. The summed E-state index contributed by atoms with van der Waals surface area (Å²) in [5.74, 6) is 0. The van der Waals surface area contributed by atoms with Crippen molar-refractivity contribution in [2.75, 3.05) is 0 Å². The molecule has 1 saturated carbocycles. The van der Waals surface area contributed by atoms with Crippen molar-refractivity contribution in [3.05, 3.63) is 91.0 Å². The Bertz CT molecular complexity index is 699. The van der Waals surface area contributed by atoms with Gasteiger partial charge in [-0.2, -0.15) is 0 Å². The van der Waals surface area contributed by atoms with Crippen LogP contribution in [0.15, 0.2) is 91.0 Å². The molecule has 0 atom stereocenters. The van der Waals surface area contributed by atoms with E-state index in [-0.39, 0.29) is 0 Å². The number of rotatable bonds is 5. The minimum atomic E-state index is -2.12. The topological polar surface area (TPSA) is 9.23 Å². The molecule has 1 fully saturated rings. The predicted octanol–water partition coefficient (Wildman–Crippen LogP) is 5.24. The zero-order valence-corrected chi connectivity index (χ0v) is 16.0. The van der Waals surface area contributed by atoms with Gasteiger partial charge in [0.25, 0.3) is 0 Å². The van der Waals surface area contributed by atoms with Crippen LogP contribution in [0.25, 0.3) is 0 Å². The summed E-state index contributed by atoms with van der Waals surface area (Å²) in [6.45, 7) is 0. The summed E-state index contributed by atoms with van der Waals surface area (Å²) in [5, 5.41) is 3.92. The average molecular weight is 361 g/mol. The van der Waals surface area contributed by atoms with E-state index in [0.29, 0.717) is 6.10 Å². The highest BCUT2D eigenvalue weighted by atomic mass is 31.2. The Morgan fingerprint density at radius 3 is 1.31 bits per heavy atom. The van der Waals surface area contributed by atoms with Gasteiger partial charge in [0.15, 0.2) is 0 Å². The summed E-state index contributed by atoms with van der Waals surface area (Å²) in [6, 6.07) is 32.6. The fraction of sp³-hybridized carbons (Fsp3) is 0.250. The van der Waals surface area contributed by atoms with Gasteiger partial charge in [-0.15, -0.1) is 0 Å². The molecule has 1 nitrogen and oxygen atoms in total. The van der Waals surface area contributed by atoms with Crippen LogP contribution in [0.1, 0.15) is 32.1 Å². The maximum atomic E-state index is 7.15. The van der Waals surface area contributed by atoms with Gasteiger partial charge in [-0.05, 0) is 49.2 Å². The molecule has 0 amide bonds. The first-order chi connectivity index (χ1) is 12.9. The molecule has 0 bridgehead atoms. The molecule has 1 aliphatic carbocycles. The lowest BCUT2D eigenvalue weighted by Gasteiger charge is -2.31. The molecule has 0 unspecified atom stereocenters. The first-order valence-corrected chi connectivity index (χ1v) is 11.3. The predicted molar refractivity (Wildman–Crippen MR) is 113 cm³/mol. The van der Waals surface area contributed by atoms with Crippen molar-refractivity contribution in [1.29, 1.82) is 0 Å². The number of hydrogen-bond donors (Lipinski definition) is 0. The Balaban J connectivity index is 1.90. The first-order valence-electron chi connectivity index (χ1n) is 9.64. The van der Waals surface area contributed by atoms with Gasteiger partial charge in [0.05, 0.1) is 0 Å². The first kappa shape index (κ1) is 17.5. The van der Waals surface area contributed by atoms with Crippen molar-refractivity contribution in [1.82, 2.24) is 0 Å². The molecule has 2 heteroatoms. The van der Waals surface area contributed by atoms with Crippen LogP contribution >= 0.6 is 7.49 Å². The largest absolute Gasteiger partial charge is 0.242 e. The van der Waals surface area contributed by atoms with Crippen molar-refractivity contribution in [2.45, 2.75) is 38.2 Å². The molecule has 3 aromatic rings. The van der Waals surface area contributed by atoms with E-state index >= 15 is 0 Å². The van der Waals surface area contributed by atoms with Gasteiger partial charge in [0.1, 0.15) is 22.0 Å². The average Bonchev–Trinajstić information content (AvgIpc) is 2.75. The fourth-order valence-corrected chi connectivity index (χ4v) is 7.63. The quantitative estimate of drug-likeness (QED) is 0.564. The molecule has 0 radical (unpaired) electrons. The van der Waals surface area contributed by atoms with Crippen molar-refractivity contribution < 1.29 is 4.52 Å². The third kappa shape index (κ3) is 3.47. The Morgan fingerprint density at radius 2 is 0.923 bits per heavy atom. The van der Waals surface area contributed by atoms with Crippen molar-refractivity contribution >= 4 is 23.4 Å². The second-order valence-corrected chi connectivity index (χ2v) is 9.96. The van der Waals surface area contributed by atoms with Gasteiger partial charge in [0, 0.05) is 0 Å². The highest BCUT2D eigenvalue weighted by Crippen LogP contribution is 2.58. The summed E-state index contributed by atoms with van der Waals surface area (Å²) in [6.07, 6.45) is 6.60. The van der Waals surface area contributed by atoms with E-state index in [1.807, 2.05) is 0 Å². The third-order valence-corrected chi connectivity index (χ3v) is 8.91. The Hall–Kier alpha value is -1.95. The smallest absolute Gasteiger partial charge is 0.218 e. The second kappa shape index (κ2) is 8.16. The zero-order chi connectivity index (χ0) is 17.7. The van der Waals surface area contributed by atoms with E-state index in [0.717, 1.165) is 0 Å². The van der Waals surface area contributed by atoms with Gasteiger partial charge in [0.2, 0.25) is 7.49 Å². The van der Waals surface area contributed by atoms with Crippen LogP contribution < -0.4 is 15.9 Å². The highest BCUT2D eigenvalue weighted by molar-refractivity contribution is 7.91. The van der Waals surface area contributed by atoms with Gasteiger partial charge >= 0.3 is 0 Å². The lowest BCUT2D eigenvalue weighted by atomic mass is 9.98. The molecule has 0 saturated heterocycles. The van der Waals surface area contributed by atoms with Gasteiger partial charge in [-0.25, -0.2) is 4.52 Å². The van der Waals surface area contributed by atoms with Gasteiger partial charge < -0.3 is 0 Å². The van der Waals surface area contributed by atoms with Crippen LogP contribution in [0.5, 0.6) is 0 Å². The molecule has 3 aromatic carbocycles. The van der Waals surface area contributed by atoms with E-state index < -0.39 is 7.49 Å². The molecular formula is C24H26OP+. The zero-order valence-electron chi connectivity index (χ0n) is 15.1. The van der Waals surface area contributed by atoms with E-state index in [1.54, 1.807) is 0 Å². The van der Waals surface area contributed by atoms with Crippen LogP contribution in [0.2, 0.25) is 0 Å². The van der Waals surface area contributed by atoms with Crippen LogP contribution in [0.3, 0.4) is 0 Å². The molecule has 0 aliphatic heterocycles. The van der Waals surface area contributed by atoms with E-state index in [2.05, 4.69) is 91.0 Å². The molecular weight excluding hydrogens is 335 g/mol. The number of benzene rings is 3. The summed E-state index contributed by atoms with van der Waals surface area (Å²) in [5.41, 5.74) is 0. The van der Waals surface area contributed by atoms with Gasteiger partial charge in [-0.1, -0.05) is 73.9 Å². The Morgan fingerprint density at radius 1 is 0.538 bits per heavy atom. The molecule has 0 spiro atoms. The van der Waals surface area contributed by atoms with Crippen LogP contribution in [0.4, 0.5) is 0 Å². The summed E-state index contributed by atoms with van der Waals surface area (Å²) in [7, 11) is -2.12. The minimum absolute atomic E-state index is 0.345. The molecule has 26 heavy (non-hydrogen) atoms. The van der Waals surface area contributed by atoms with E-state index in [4.69, 9.17) is 4.52 Å². The van der Waals surface area contributed by atoms with Crippen molar-refractivity contribution in [3.8, 4) is 0 Å². The second-order valence-electron chi connectivity index (χ2n) is 6.98. The fourth-order valence-electron chi connectivity index (χ4n) is 3.94. The summed E-state index contributed by atoms with van der Waals surface area (Å²) < 4.78 is 7.15.